The zero-order valence-electron chi connectivity index (χ0n) is 9.34. The van der Waals surface area contributed by atoms with Crippen molar-refractivity contribution in [1.82, 2.24) is 0 Å². The normalized spacial score (nSPS) is 22.3. The molecule has 0 spiro atoms. The molecule has 0 aromatic carbocycles. The van der Waals surface area contributed by atoms with Crippen LogP contribution in [0.1, 0.15) is 25.7 Å². The van der Waals surface area contributed by atoms with E-state index in [1.165, 1.54) is 0 Å². The molecule has 2 aliphatic rings. The molecule has 1 aliphatic carbocycles. The minimum atomic E-state index is -0.336. The van der Waals surface area contributed by atoms with E-state index >= 15 is 0 Å². The SMILES string of the molecule is O=C1OCC2=CCC(Br)(Br)C(CCCCO)=C12. The van der Waals surface area contributed by atoms with Crippen LogP contribution in [0.25, 0.3) is 0 Å². The summed E-state index contributed by atoms with van der Waals surface area (Å²) < 4.78 is 4.74. The van der Waals surface area contributed by atoms with Crippen LogP contribution in [0.3, 0.4) is 0 Å². The van der Waals surface area contributed by atoms with Gasteiger partial charge < -0.3 is 9.84 Å². The molecule has 0 unspecified atom stereocenters. The number of hydrogen-bond acceptors (Lipinski definition) is 3. The van der Waals surface area contributed by atoms with Gasteiger partial charge in [-0.05, 0) is 31.3 Å². The Balaban J connectivity index is 2.28. The van der Waals surface area contributed by atoms with Gasteiger partial charge in [0.1, 0.15) is 9.84 Å². The first-order valence-electron chi connectivity index (χ1n) is 5.65. The molecular formula is C12H14Br2O3. The summed E-state index contributed by atoms with van der Waals surface area (Å²) in [5.41, 5.74) is 2.78. The number of aliphatic hydroxyl groups excluding tert-OH is 1. The maximum atomic E-state index is 11.7. The standard InChI is InChI=1S/C12H14Br2O3/c13-12(14)5-4-8-7-17-11(16)10(8)9(12)3-1-2-6-15/h4,15H,1-3,5-7H2. The van der Waals surface area contributed by atoms with Crippen LogP contribution >= 0.6 is 31.9 Å². The summed E-state index contributed by atoms with van der Waals surface area (Å²) in [4.78, 5) is 11.7. The van der Waals surface area contributed by atoms with Gasteiger partial charge in [0.2, 0.25) is 0 Å². The Morgan fingerprint density at radius 1 is 1.41 bits per heavy atom. The highest BCUT2D eigenvalue weighted by Gasteiger charge is 2.39. The Bertz CT molecular complexity index is 397. The molecule has 0 bridgehead atoms. The van der Waals surface area contributed by atoms with Gasteiger partial charge in [0.15, 0.2) is 0 Å². The van der Waals surface area contributed by atoms with Crippen molar-refractivity contribution >= 4 is 37.8 Å². The van der Waals surface area contributed by atoms with Crippen molar-refractivity contribution in [1.29, 1.82) is 0 Å². The molecule has 1 saturated heterocycles. The smallest absolute Gasteiger partial charge is 0.338 e. The van der Waals surface area contributed by atoms with Crippen LogP contribution in [0.4, 0.5) is 0 Å². The lowest BCUT2D eigenvalue weighted by atomic mass is 9.89. The summed E-state index contributed by atoms with van der Waals surface area (Å²) in [6, 6.07) is 0. The Morgan fingerprint density at radius 2 is 2.18 bits per heavy atom. The van der Waals surface area contributed by atoms with Gasteiger partial charge in [-0.15, -0.1) is 0 Å². The topological polar surface area (TPSA) is 46.5 Å². The molecule has 2 rings (SSSR count). The molecule has 1 N–H and O–H groups in total. The van der Waals surface area contributed by atoms with Gasteiger partial charge in [0, 0.05) is 12.2 Å². The Morgan fingerprint density at radius 3 is 2.88 bits per heavy atom. The van der Waals surface area contributed by atoms with Crippen molar-refractivity contribution in [2.45, 2.75) is 28.9 Å². The monoisotopic (exact) mass is 364 g/mol. The van der Waals surface area contributed by atoms with Crippen LogP contribution in [-0.2, 0) is 9.53 Å². The number of rotatable bonds is 4. The van der Waals surface area contributed by atoms with E-state index in [1.807, 2.05) is 6.08 Å². The quantitative estimate of drug-likeness (QED) is 0.473. The summed E-state index contributed by atoms with van der Waals surface area (Å²) in [6.07, 6.45) is 5.25. The van der Waals surface area contributed by atoms with Crippen LogP contribution in [-0.4, -0.2) is 27.5 Å². The van der Waals surface area contributed by atoms with Crippen LogP contribution in [0.2, 0.25) is 0 Å². The third kappa shape index (κ3) is 2.66. The average Bonchev–Trinajstić information content (AvgIpc) is 2.64. The average molecular weight is 366 g/mol. The van der Waals surface area contributed by atoms with Crippen molar-refractivity contribution in [2.75, 3.05) is 13.2 Å². The number of aliphatic hydroxyl groups is 1. The van der Waals surface area contributed by atoms with E-state index in [2.05, 4.69) is 31.9 Å². The Hall–Kier alpha value is -0.130. The zero-order valence-corrected chi connectivity index (χ0v) is 12.5. The number of carbonyl (C=O) groups excluding carboxylic acids is 1. The number of halogens is 2. The van der Waals surface area contributed by atoms with Crippen molar-refractivity contribution < 1.29 is 14.6 Å². The number of carbonyl (C=O) groups is 1. The van der Waals surface area contributed by atoms with Gasteiger partial charge in [-0.3, -0.25) is 0 Å². The van der Waals surface area contributed by atoms with Gasteiger partial charge >= 0.3 is 5.97 Å². The number of allylic oxidation sites excluding steroid dienone is 2. The molecule has 17 heavy (non-hydrogen) atoms. The van der Waals surface area contributed by atoms with Crippen LogP contribution in [0.15, 0.2) is 22.8 Å². The van der Waals surface area contributed by atoms with Crippen LogP contribution in [0.5, 0.6) is 0 Å². The predicted octanol–water partition coefficient (Wildman–Crippen LogP) is 2.82. The number of unbranched alkanes of at least 4 members (excludes halogenated alkanes) is 1. The number of fused-ring (bicyclic) bond motifs is 1. The van der Waals surface area contributed by atoms with Gasteiger partial charge in [0.05, 0.1) is 5.57 Å². The van der Waals surface area contributed by atoms with Gasteiger partial charge in [0.25, 0.3) is 0 Å². The van der Waals surface area contributed by atoms with Crippen molar-refractivity contribution in [3.8, 4) is 0 Å². The number of alkyl halides is 2. The third-order valence-electron chi connectivity index (χ3n) is 3.07. The van der Waals surface area contributed by atoms with Crippen molar-refractivity contribution in [3.63, 3.8) is 0 Å². The maximum Gasteiger partial charge on any atom is 0.338 e. The molecule has 0 radical (unpaired) electrons. The minimum absolute atomic E-state index is 0.188. The molecule has 0 saturated carbocycles. The zero-order chi connectivity index (χ0) is 12.5. The van der Waals surface area contributed by atoms with E-state index in [9.17, 15) is 4.79 Å². The molecule has 0 amide bonds. The number of esters is 1. The van der Waals surface area contributed by atoms with E-state index in [1.54, 1.807) is 0 Å². The van der Waals surface area contributed by atoms with E-state index in [4.69, 9.17) is 9.84 Å². The number of cyclic esters (lactones) is 1. The summed E-state index contributed by atoms with van der Waals surface area (Å²) in [5.74, 6) is -0.224. The van der Waals surface area contributed by atoms with Crippen molar-refractivity contribution in [2.24, 2.45) is 0 Å². The first-order valence-corrected chi connectivity index (χ1v) is 7.23. The highest BCUT2D eigenvalue weighted by molar-refractivity contribution is 9.25. The third-order valence-corrected chi connectivity index (χ3v) is 4.67. The van der Waals surface area contributed by atoms with Gasteiger partial charge in [-0.2, -0.15) is 0 Å². The molecule has 0 atom stereocenters. The highest BCUT2D eigenvalue weighted by Crippen LogP contribution is 2.48. The molecular weight excluding hydrogens is 352 g/mol. The predicted molar refractivity (Wildman–Crippen MR) is 72.2 cm³/mol. The molecule has 0 aromatic heterocycles. The number of ether oxygens (including phenoxy) is 1. The van der Waals surface area contributed by atoms with E-state index < -0.39 is 0 Å². The lowest BCUT2D eigenvalue weighted by molar-refractivity contribution is -0.135. The fraction of sp³-hybridized carbons (Fsp3) is 0.583. The fourth-order valence-electron chi connectivity index (χ4n) is 2.18. The Kier molecular flexibility index (Phi) is 4.10. The molecule has 1 aliphatic heterocycles. The summed E-state index contributed by atoms with van der Waals surface area (Å²) >= 11 is 7.24. The van der Waals surface area contributed by atoms with Crippen LogP contribution in [0, 0.1) is 0 Å². The molecule has 1 fully saturated rings. The van der Waals surface area contributed by atoms with Crippen molar-refractivity contribution in [3.05, 3.63) is 22.8 Å². The van der Waals surface area contributed by atoms with Crippen LogP contribution < -0.4 is 0 Å². The maximum absolute atomic E-state index is 11.7. The number of hydrogen-bond donors (Lipinski definition) is 1. The first kappa shape index (κ1) is 13.3. The lowest BCUT2D eigenvalue weighted by Gasteiger charge is -2.28. The molecule has 94 valence electrons. The minimum Gasteiger partial charge on any atom is -0.457 e. The summed E-state index contributed by atoms with van der Waals surface area (Å²) in [7, 11) is 0. The first-order chi connectivity index (χ1) is 8.06. The van der Waals surface area contributed by atoms with E-state index in [-0.39, 0.29) is 15.8 Å². The molecule has 1 heterocycles. The highest BCUT2D eigenvalue weighted by atomic mass is 79.9. The van der Waals surface area contributed by atoms with Gasteiger partial charge in [-0.25, -0.2) is 4.79 Å². The molecule has 3 nitrogen and oxygen atoms in total. The largest absolute Gasteiger partial charge is 0.457 e. The van der Waals surface area contributed by atoms with Gasteiger partial charge in [-0.1, -0.05) is 37.9 Å². The summed E-state index contributed by atoms with van der Waals surface area (Å²) in [5, 5.41) is 8.82. The second-order valence-electron chi connectivity index (χ2n) is 4.25. The second kappa shape index (κ2) is 5.24. The van der Waals surface area contributed by atoms with E-state index in [0.717, 1.165) is 42.4 Å². The molecule has 5 heteroatoms. The summed E-state index contributed by atoms with van der Waals surface area (Å²) in [6.45, 7) is 0.584. The second-order valence-corrected chi connectivity index (χ2v) is 8.02. The van der Waals surface area contributed by atoms with E-state index in [0.29, 0.717) is 6.61 Å². The lowest BCUT2D eigenvalue weighted by Crippen LogP contribution is -2.22. The fourth-order valence-corrected chi connectivity index (χ4v) is 3.29. The Labute approximate surface area is 117 Å². The molecule has 0 aromatic rings.